The van der Waals surface area contributed by atoms with Gasteiger partial charge >= 0.3 is 23.9 Å². The number of esters is 4. The molecule has 4 aromatic rings. The van der Waals surface area contributed by atoms with Crippen LogP contribution in [-0.2, 0) is 33.2 Å². The van der Waals surface area contributed by atoms with Gasteiger partial charge in [0.25, 0.3) is 0 Å². The minimum Gasteiger partial charge on any atom is -0.459 e. The van der Waals surface area contributed by atoms with Crippen molar-refractivity contribution in [1.82, 2.24) is 0 Å². The third kappa shape index (κ3) is 10.3. The predicted molar refractivity (Wildman–Crippen MR) is 271 cm³/mol. The Labute approximate surface area is 429 Å². The lowest BCUT2D eigenvalue weighted by Gasteiger charge is -2.58. The van der Waals surface area contributed by atoms with Gasteiger partial charge < -0.3 is 38.3 Å². The first-order valence-corrected chi connectivity index (χ1v) is 26.6. The third-order valence-corrected chi connectivity index (χ3v) is 18.0. The van der Waals surface area contributed by atoms with E-state index in [1.165, 1.54) is 12.0 Å². The number of carbonyl (C=O) groups is 4. The number of hydrogen-bond donors (Lipinski definition) is 1. The summed E-state index contributed by atoms with van der Waals surface area (Å²) in [5, 5.41) is 9.70. The number of aliphatic hydroxyl groups is 1. The molecule has 73 heavy (non-hydrogen) atoms. The van der Waals surface area contributed by atoms with E-state index >= 15 is 0 Å². The molecule has 5 fully saturated rings. The fourth-order valence-corrected chi connectivity index (χ4v) is 14.1. The number of ether oxygens (including phenoxy) is 7. The summed E-state index contributed by atoms with van der Waals surface area (Å²) < 4.78 is 45.6. The quantitative estimate of drug-likeness (QED) is 0.0685. The summed E-state index contributed by atoms with van der Waals surface area (Å²) in [7, 11) is 0. The van der Waals surface area contributed by atoms with E-state index < -0.39 is 61.2 Å². The molecule has 12 nitrogen and oxygen atoms in total. The first-order valence-electron chi connectivity index (χ1n) is 26.6. The van der Waals surface area contributed by atoms with Gasteiger partial charge in [-0.25, -0.2) is 19.2 Å². The van der Waals surface area contributed by atoms with E-state index in [2.05, 4.69) is 33.8 Å². The van der Waals surface area contributed by atoms with Gasteiger partial charge in [0.05, 0.1) is 40.6 Å². The zero-order valence-electron chi connectivity index (χ0n) is 42.4. The zero-order chi connectivity index (χ0) is 50.9. The summed E-state index contributed by atoms with van der Waals surface area (Å²) in [6.07, 6.45) is 4.21. The van der Waals surface area contributed by atoms with Crippen molar-refractivity contribution in [2.24, 2.45) is 46.3 Å². The highest BCUT2D eigenvalue weighted by molar-refractivity contribution is 5.91. The molecule has 0 aromatic heterocycles. The van der Waals surface area contributed by atoms with Crippen LogP contribution in [0.25, 0.3) is 0 Å². The van der Waals surface area contributed by atoms with Crippen molar-refractivity contribution >= 4 is 23.9 Å². The van der Waals surface area contributed by atoms with Crippen molar-refractivity contribution in [2.75, 3.05) is 13.2 Å². The highest BCUT2D eigenvalue weighted by atomic mass is 16.7. The second-order valence-corrected chi connectivity index (χ2v) is 22.2. The molecule has 10 rings (SSSR count). The number of fused-ring (bicyclic) bond motifs is 7. The molecule has 1 N–H and O–H groups in total. The maximum absolute atomic E-state index is 14.2. The van der Waals surface area contributed by atoms with Gasteiger partial charge in [-0.3, -0.25) is 0 Å². The fourth-order valence-electron chi connectivity index (χ4n) is 14.1. The molecule has 12 heteroatoms. The third-order valence-electron chi connectivity index (χ3n) is 18.0. The van der Waals surface area contributed by atoms with E-state index in [4.69, 9.17) is 33.2 Å². The van der Waals surface area contributed by atoms with Crippen LogP contribution >= 0.6 is 0 Å². The fraction of sp³-hybridized carbons (Fsp3) is 0.508. The predicted octanol–water partition coefficient (Wildman–Crippen LogP) is 10.6. The SMILES string of the molecule is CC(CO)CCC1OC2CC3C4CC=C5CC(OC6OC(COC(=O)c7ccccc7)C(OC(=O)c7ccccc7)C(OC(=O)c7ccccc7)C6OC(=O)c6ccccc6)CCC5(C)C4CCC3(C)C2C1C. The molecule has 4 aliphatic carbocycles. The monoisotopic (exact) mass is 994 g/mol. The number of hydrogen-bond acceptors (Lipinski definition) is 12. The van der Waals surface area contributed by atoms with E-state index in [1.54, 1.807) is 121 Å². The highest BCUT2D eigenvalue weighted by Crippen LogP contribution is 2.69. The zero-order valence-corrected chi connectivity index (χ0v) is 42.4. The Bertz CT molecular complexity index is 2590. The maximum atomic E-state index is 14.2. The second kappa shape index (κ2) is 21.7. The molecule has 0 bridgehead atoms. The van der Waals surface area contributed by atoms with E-state index in [0.717, 1.165) is 38.5 Å². The summed E-state index contributed by atoms with van der Waals surface area (Å²) in [4.78, 5) is 56.0. The summed E-state index contributed by atoms with van der Waals surface area (Å²) in [5.41, 5.74) is 2.51. The number of rotatable bonds is 15. The van der Waals surface area contributed by atoms with E-state index in [-0.39, 0.29) is 58.4 Å². The second-order valence-electron chi connectivity index (χ2n) is 22.2. The Morgan fingerprint density at radius 3 is 1.79 bits per heavy atom. The summed E-state index contributed by atoms with van der Waals surface area (Å²) in [6, 6.07) is 33.7. The topological polar surface area (TPSA) is 153 Å². The average Bonchev–Trinajstić information content (AvgIpc) is 3.91. The van der Waals surface area contributed by atoms with E-state index in [0.29, 0.717) is 48.0 Å². The lowest BCUT2D eigenvalue weighted by molar-refractivity contribution is -0.310. The molecule has 16 unspecified atom stereocenters. The number of aliphatic hydroxyl groups excluding tert-OH is 1. The van der Waals surface area contributed by atoms with Crippen molar-refractivity contribution in [3.63, 3.8) is 0 Å². The van der Waals surface area contributed by atoms with Crippen molar-refractivity contribution in [1.29, 1.82) is 0 Å². The van der Waals surface area contributed by atoms with Crippen LogP contribution in [0.5, 0.6) is 0 Å². The van der Waals surface area contributed by atoms with Crippen LogP contribution in [-0.4, -0.2) is 91.2 Å². The molecule has 6 aliphatic rings. The van der Waals surface area contributed by atoms with Gasteiger partial charge in [-0.2, -0.15) is 0 Å². The summed E-state index contributed by atoms with van der Waals surface area (Å²) in [6.45, 7) is 9.32. The Morgan fingerprint density at radius 1 is 0.671 bits per heavy atom. The minimum absolute atomic E-state index is 0.0392. The molecule has 386 valence electrons. The number of carbonyl (C=O) groups excluding carboxylic acids is 4. The van der Waals surface area contributed by atoms with Gasteiger partial charge in [-0.15, -0.1) is 0 Å². The van der Waals surface area contributed by atoms with E-state index in [9.17, 15) is 24.3 Å². The molecule has 0 amide bonds. The van der Waals surface area contributed by atoms with Gasteiger partial charge in [0.2, 0.25) is 0 Å². The Balaban J connectivity index is 0.940. The molecular weight excluding hydrogens is 925 g/mol. The Morgan fingerprint density at radius 2 is 1.22 bits per heavy atom. The molecule has 4 aromatic carbocycles. The summed E-state index contributed by atoms with van der Waals surface area (Å²) >= 11 is 0. The lowest BCUT2D eigenvalue weighted by Crippen LogP contribution is -2.63. The average molecular weight is 995 g/mol. The number of benzene rings is 4. The van der Waals surface area contributed by atoms with Crippen molar-refractivity contribution in [3.05, 3.63) is 155 Å². The minimum atomic E-state index is -1.50. The molecular formula is C61H70O12. The van der Waals surface area contributed by atoms with Crippen LogP contribution in [0.2, 0.25) is 0 Å². The molecule has 2 heterocycles. The summed E-state index contributed by atoms with van der Waals surface area (Å²) in [5.74, 6) is 0.0730. The molecule has 0 radical (unpaired) electrons. The Hall–Kier alpha value is -5.66. The smallest absolute Gasteiger partial charge is 0.338 e. The molecule has 0 spiro atoms. The standard InChI is InChI=1S/C61H70O12/c1-37(35-62)25-28-48-38(2)51-49(69-48)34-47-45-27-26-43-33-44(29-31-60(43,3)46(45)30-32-61(47,51)4)68-59-54(73-58(66)42-23-15-8-16-24-42)53(72-57(65)41-21-13-7-14-22-41)52(71-56(64)40-19-11-6-12-20-40)50(70-59)36-67-55(63)39-17-9-5-10-18-39/h5-24,26,37-38,44-54,59,62H,25,27-36H2,1-4H3. The molecule has 2 saturated heterocycles. The van der Waals surface area contributed by atoms with Crippen LogP contribution in [0, 0.1) is 46.3 Å². The van der Waals surface area contributed by atoms with Crippen molar-refractivity contribution in [3.8, 4) is 0 Å². The van der Waals surface area contributed by atoms with Crippen LogP contribution < -0.4 is 0 Å². The number of allylic oxidation sites excluding steroid dienone is 1. The van der Waals surface area contributed by atoms with Crippen LogP contribution in [0.4, 0.5) is 0 Å². The van der Waals surface area contributed by atoms with Gasteiger partial charge in [0.1, 0.15) is 12.7 Å². The van der Waals surface area contributed by atoms with Gasteiger partial charge in [-0.05, 0) is 153 Å². The van der Waals surface area contributed by atoms with Gasteiger partial charge in [-0.1, -0.05) is 112 Å². The largest absolute Gasteiger partial charge is 0.459 e. The molecule has 16 atom stereocenters. The van der Waals surface area contributed by atoms with Gasteiger partial charge in [0, 0.05) is 6.61 Å². The Kier molecular flexibility index (Phi) is 15.1. The normalized spacial score (nSPS) is 34.6. The van der Waals surface area contributed by atoms with Crippen molar-refractivity contribution < 1.29 is 57.4 Å². The van der Waals surface area contributed by atoms with Gasteiger partial charge in [0.15, 0.2) is 24.6 Å². The maximum Gasteiger partial charge on any atom is 0.338 e. The molecule has 3 saturated carbocycles. The van der Waals surface area contributed by atoms with E-state index in [1.807, 2.05) is 0 Å². The molecule has 2 aliphatic heterocycles. The van der Waals surface area contributed by atoms with Crippen LogP contribution in [0.1, 0.15) is 127 Å². The highest BCUT2D eigenvalue weighted by Gasteiger charge is 2.65. The van der Waals surface area contributed by atoms with Crippen LogP contribution in [0.3, 0.4) is 0 Å². The lowest BCUT2D eigenvalue weighted by atomic mass is 9.47. The van der Waals surface area contributed by atoms with Crippen molar-refractivity contribution in [2.45, 2.75) is 135 Å². The van der Waals surface area contributed by atoms with Crippen LogP contribution in [0.15, 0.2) is 133 Å². The first kappa shape index (κ1) is 50.9. The first-order chi connectivity index (χ1) is 35.3.